The number of rotatable bonds is 7. The van der Waals surface area contributed by atoms with Gasteiger partial charge in [-0.05, 0) is 34.7 Å². The molecule has 20 heavy (non-hydrogen) atoms. The van der Waals surface area contributed by atoms with Crippen LogP contribution >= 0.6 is 0 Å². The molecular formula is C16H26O3Si. The first-order valence-electron chi connectivity index (χ1n) is 7.26. The maximum Gasteiger partial charge on any atom is 0.307 e. The molecule has 1 rings (SSSR count). The summed E-state index contributed by atoms with van der Waals surface area (Å²) in [7, 11) is -2.46. The van der Waals surface area contributed by atoms with E-state index in [2.05, 4.69) is 27.7 Å². The molecule has 3 nitrogen and oxygen atoms in total. The highest BCUT2D eigenvalue weighted by atomic mass is 28.4. The van der Waals surface area contributed by atoms with Crippen LogP contribution in [0.15, 0.2) is 24.3 Å². The Hall–Kier alpha value is -1.13. The second-order valence-electron chi connectivity index (χ2n) is 6.49. The van der Waals surface area contributed by atoms with E-state index in [-0.39, 0.29) is 6.42 Å². The molecule has 4 heteroatoms. The molecule has 1 aromatic carbocycles. The lowest BCUT2D eigenvalue weighted by Gasteiger charge is -2.29. The first kappa shape index (κ1) is 16.9. The molecule has 0 aliphatic carbocycles. The van der Waals surface area contributed by atoms with Gasteiger partial charge in [0.25, 0.3) is 0 Å². The Labute approximate surface area is 122 Å². The fourth-order valence-corrected chi connectivity index (χ4v) is 6.90. The molecule has 0 aliphatic heterocycles. The number of benzene rings is 1. The Balaban J connectivity index is 2.98. The average molecular weight is 294 g/mol. The smallest absolute Gasteiger partial charge is 0.307 e. The number of carbonyl (C=O) groups is 1. The van der Waals surface area contributed by atoms with Gasteiger partial charge in [-0.3, -0.25) is 4.79 Å². The number of aliphatic carboxylic acids is 1. The summed E-state index contributed by atoms with van der Waals surface area (Å²) in [6.07, 6.45) is 0.0363. The Kier molecular flexibility index (Phi) is 5.96. The molecule has 0 saturated heterocycles. The van der Waals surface area contributed by atoms with Crippen LogP contribution in [0.5, 0.6) is 0 Å². The quantitative estimate of drug-likeness (QED) is 0.760. The van der Waals surface area contributed by atoms with E-state index < -0.39 is 14.3 Å². The second-order valence-corrected chi connectivity index (χ2v) is 9.95. The molecule has 0 aliphatic rings. The van der Waals surface area contributed by atoms with Gasteiger partial charge in [-0.25, -0.2) is 0 Å². The summed E-state index contributed by atoms with van der Waals surface area (Å²) in [5, 5.41) is 9.82. The van der Waals surface area contributed by atoms with Gasteiger partial charge in [0.2, 0.25) is 8.32 Å². The summed E-state index contributed by atoms with van der Waals surface area (Å²) in [6.45, 7) is 8.54. The van der Waals surface area contributed by atoms with Gasteiger partial charge < -0.3 is 9.90 Å². The standard InChI is InChI=1S/C16H26O3Si/c1-12(2)10-20(19,11-13(3)4)15-7-5-14(6-8-15)9-16(17)18/h5-8,12-13,19H,9-11H2,1-4H3,(H,17,18). The van der Waals surface area contributed by atoms with Gasteiger partial charge >= 0.3 is 5.97 Å². The Morgan fingerprint density at radius 1 is 1.05 bits per heavy atom. The Bertz CT molecular complexity index is 428. The summed E-state index contributed by atoms with van der Waals surface area (Å²) >= 11 is 0. The lowest BCUT2D eigenvalue weighted by molar-refractivity contribution is -0.136. The van der Waals surface area contributed by atoms with Crippen LogP contribution in [0.2, 0.25) is 12.1 Å². The lowest BCUT2D eigenvalue weighted by Crippen LogP contribution is -2.49. The number of carboxylic acid groups (broad SMARTS) is 1. The van der Waals surface area contributed by atoms with E-state index in [0.29, 0.717) is 11.8 Å². The fourth-order valence-electron chi connectivity index (χ4n) is 2.78. The zero-order valence-corrected chi connectivity index (χ0v) is 13.9. The van der Waals surface area contributed by atoms with E-state index in [1.807, 2.05) is 24.3 Å². The van der Waals surface area contributed by atoms with Crippen molar-refractivity contribution in [1.29, 1.82) is 0 Å². The number of hydrogen-bond donors (Lipinski definition) is 2. The zero-order chi connectivity index (χ0) is 15.3. The van der Waals surface area contributed by atoms with Crippen molar-refractivity contribution < 1.29 is 14.7 Å². The first-order chi connectivity index (χ1) is 9.23. The van der Waals surface area contributed by atoms with Crippen LogP contribution in [-0.4, -0.2) is 24.2 Å². The van der Waals surface area contributed by atoms with Crippen LogP contribution in [0.25, 0.3) is 0 Å². The van der Waals surface area contributed by atoms with Gasteiger partial charge in [-0.2, -0.15) is 0 Å². The molecule has 0 amide bonds. The summed E-state index contributed by atoms with van der Waals surface area (Å²) in [6, 6.07) is 9.22. The molecule has 0 saturated carbocycles. The summed E-state index contributed by atoms with van der Waals surface area (Å²) in [4.78, 5) is 21.8. The van der Waals surface area contributed by atoms with E-state index in [1.54, 1.807) is 0 Å². The van der Waals surface area contributed by atoms with Crippen LogP contribution < -0.4 is 5.19 Å². The SMILES string of the molecule is CC(C)C[Si](O)(CC(C)C)c1ccc(CC(=O)O)cc1. The predicted octanol–water partition coefficient (Wildman–Crippen LogP) is 2.77. The third-order valence-corrected chi connectivity index (χ3v) is 7.73. The normalized spacial score (nSPS) is 12.2. The number of hydrogen-bond acceptors (Lipinski definition) is 2. The maximum atomic E-state index is 11.1. The van der Waals surface area contributed by atoms with Gasteiger partial charge in [0.05, 0.1) is 6.42 Å². The molecule has 2 N–H and O–H groups in total. The third-order valence-electron chi connectivity index (χ3n) is 3.34. The molecule has 112 valence electrons. The molecule has 0 unspecified atom stereocenters. The minimum atomic E-state index is -2.46. The minimum Gasteiger partial charge on any atom is -0.481 e. The van der Waals surface area contributed by atoms with Crippen molar-refractivity contribution in [2.75, 3.05) is 0 Å². The van der Waals surface area contributed by atoms with Gasteiger partial charge in [-0.1, -0.05) is 52.0 Å². The van der Waals surface area contributed by atoms with Crippen LogP contribution in [0, 0.1) is 11.8 Å². The fraction of sp³-hybridized carbons (Fsp3) is 0.562. The zero-order valence-electron chi connectivity index (χ0n) is 12.9. The molecule has 0 atom stereocenters. The van der Waals surface area contributed by atoms with Crippen molar-refractivity contribution in [2.45, 2.75) is 46.2 Å². The van der Waals surface area contributed by atoms with Crippen molar-refractivity contribution in [3.63, 3.8) is 0 Å². The molecule has 0 fully saturated rings. The van der Waals surface area contributed by atoms with E-state index in [9.17, 15) is 9.59 Å². The number of carboxylic acids is 1. The molecule has 0 aromatic heterocycles. The molecule has 1 aromatic rings. The average Bonchev–Trinajstić information content (AvgIpc) is 2.26. The van der Waals surface area contributed by atoms with E-state index in [1.165, 1.54) is 0 Å². The van der Waals surface area contributed by atoms with Gasteiger partial charge in [0, 0.05) is 0 Å². The lowest BCUT2D eigenvalue weighted by atomic mass is 10.2. The third kappa shape index (κ3) is 5.10. The topological polar surface area (TPSA) is 57.5 Å². The highest BCUT2D eigenvalue weighted by Gasteiger charge is 2.34. The van der Waals surface area contributed by atoms with Crippen LogP contribution in [0.1, 0.15) is 33.3 Å². The van der Waals surface area contributed by atoms with Crippen molar-refractivity contribution in [1.82, 2.24) is 0 Å². The second kappa shape index (κ2) is 7.04. The monoisotopic (exact) mass is 294 g/mol. The maximum absolute atomic E-state index is 11.1. The van der Waals surface area contributed by atoms with Gasteiger partial charge in [0.15, 0.2) is 0 Å². The van der Waals surface area contributed by atoms with Gasteiger partial charge in [-0.15, -0.1) is 0 Å². The van der Waals surface area contributed by atoms with Crippen LogP contribution in [0.4, 0.5) is 0 Å². The predicted molar refractivity (Wildman–Crippen MR) is 84.7 cm³/mol. The summed E-state index contributed by atoms with van der Waals surface area (Å²) < 4.78 is 0. The summed E-state index contributed by atoms with van der Waals surface area (Å²) in [5.41, 5.74) is 0.784. The summed E-state index contributed by atoms with van der Waals surface area (Å²) in [5.74, 6) is 0.0999. The Morgan fingerprint density at radius 2 is 1.50 bits per heavy atom. The molecule has 0 radical (unpaired) electrons. The van der Waals surface area contributed by atoms with Gasteiger partial charge in [0.1, 0.15) is 0 Å². The van der Waals surface area contributed by atoms with E-state index >= 15 is 0 Å². The van der Waals surface area contributed by atoms with Crippen molar-refractivity contribution in [3.05, 3.63) is 29.8 Å². The molecular weight excluding hydrogens is 268 g/mol. The minimum absolute atomic E-state index is 0.0363. The van der Waals surface area contributed by atoms with E-state index in [0.717, 1.165) is 22.8 Å². The Morgan fingerprint density at radius 3 is 1.85 bits per heavy atom. The molecule has 0 heterocycles. The van der Waals surface area contributed by atoms with Crippen molar-refractivity contribution >= 4 is 19.5 Å². The highest BCUT2D eigenvalue weighted by Crippen LogP contribution is 2.23. The van der Waals surface area contributed by atoms with Crippen molar-refractivity contribution in [2.24, 2.45) is 11.8 Å². The molecule has 0 bridgehead atoms. The highest BCUT2D eigenvalue weighted by molar-refractivity contribution is 6.85. The van der Waals surface area contributed by atoms with E-state index in [4.69, 9.17) is 5.11 Å². The van der Waals surface area contributed by atoms with Crippen LogP contribution in [0.3, 0.4) is 0 Å². The van der Waals surface area contributed by atoms with Crippen LogP contribution in [-0.2, 0) is 11.2 Å². The molecule has 0 spiro atoms. The first-order valence-corrected chi connectivity index (χ1v) is 9.62. The largest absolute Gasteiger partial charge is 0.481 e. The van der Waals surface area contributed by atoms with Crippen molar-refractivity contribution in [3.8, 4) is 0 Å².